The molecule has 2 aromatic rings. The van der Waals surface area contributed by atoms with Gasteiger partial charge in [-0.15, -0.1) is 0 Å². The van der Waals surface area contributed by atoms with Gasteiger partial charge in [0.15, 0.2) is 0 Å². The molecule has 29 heavy (non-hydrogen) atoms. The molecule has 0 heterocycles. The van der Waals surface area contributed by atoms with E-state index in [4.69, 9.17) is 14.2 Å². The lowest BCUT2D eigenvalue weighted by Crippen LogP contribution is -2.42. The van der Waals surface area contributed by atoms with E-state index in [1.54, 1.807) is 0 Å². The zero-order valence-electron chi connectivity index (χ0n) is 17.2. The second kappa shape index (κ2) is 9.70. The van der Waals surface area contributed by atoms with Crippen molar-refractivity contribution in [3.05, 3.63) is 71.3 Å². The van der Waals surface area contributed by atoms with E-state index < -0.39 is 29.9 Å². The van der Waals surface area contributed by atoms with Crippen LogP contribution < -0.4 is 0 Å². The fourth-order valence-corrected chi connectivity index (χ4v) is 4.06. The fourth-order valence-electron chi connectivity index (χ4n) is 4.06. The van der Waals surface area contributed by atoms with Crippen LogP contribution in [0.4, 0.5) is 0 Å². The first-order chi connectivity index (χ1) is 14.0. The van der Waals surface area contributed by atoms with Gasteiger partial charge in [-0.05, 0) is 42.9 Å². The number of ether oxygens (including phenoxy) is 3. The van der Waals surface area contributed by atoms with Gasteiger partial charge in [-0.1, -0.05) is 54.6 Å². The van der Waals surface area contributed by atoms with Gasteiger partial charge in [-0.25, -0.2) is 0 Å². The molecule has 4 unspecified atom stereocenters. The average molecular weight is 396 g/mol. The van der Waals surface area contributed by atoms with Gasteiger partial charge in [0.25, 0.3) is 0 Å². The van der Waals surface area contributed by atoms with Gasteiger partial charge < -0.3 is 14.2 Å². The number of rotatable bonds is 7. The van der Waals surface area contributed by atoms with Crippen LogP contribution >= 0.6 is 0 Å². The molecule has 0 saturated carbocycles. The van der Waals surface area contributed by atoms with E-state index in [2.05, 4.69) is 12.1 Å². The molecule has 0 spiro atoms. The Balaban J connectivity index is 1.85. The lowest BCUT2D eigenvalue weighted by Gasteiger charge is -2.37. The van der Waals surface area contributed by atoms with Gasteiger partial charge in [0, 0.05) is 0 Å². The maximum Gasteiger partial charge on any atom is 0.312 e. The minimum atomic E-state index is -0.735. The molecule has 5 heteroatoms. The van der Waals surface area contributed by atoms with Crippen molar-refractivity contribution in [2.45, 2.75) is 38.4 Å². The van der Waals surface area contributed by atoms with Crippen molar-refractivity contribution in [2.75, 3.05) is 14.2 Å². The first-order valence-electron chi connectivity index (χ1n) is 9.98. The third-order valence-electron chi connectivity index (χ3n) is 5.60. The van der Waals surface area contributed by atoms with Crippen LogP contribution in [0.3, 0.4) is 0 Å². The molecule has 1 aliphatic carbocycles. The number of benzene rings is 2. The van der Waals surface area contributed by atoms with Crippen molar-refractivity contribution in [1.82, 2.24) is 0 Å². The van der Waals surface area contributed by atoms with E-state index >= 15 is 0 Å². The molecule has 0 N–H and O–H groups in total. The number of hydrogen-bond acceptors (Lipinski definition) is 5. The maximum absolute atomic E-state index is 12.7. The second-order valence-corrected chi connectivity index (χ2v) is 7.47. The quantitative estimate of drug-likeness (QED) is 0.664. The van der Waals surface area contributed by atoms with Gasteiger partial charge in [0.2, 0.25) is 0 Å². The molecule has 2 aromatic carbocycles. The van der Waals surface area contributed by atoms with E-state index in [1.807, 2.05) is 49.4 Å². The normalized spacial score (nSPS) is 21.7. The zero-order valence-corrected chi connectivity index (χ0v) is 17.2. The molecule has 0 bridgehead atoms. The van der Waals surface area contributed by atoms with Crippen LogP contribution in [0.1, 0.15) is 36.1 Å². The van der Waals surface area contributed by atoms with Crippen LogP contribution in [-0.2, 0) is 36.6 Å². The molecule has 0 radical (unpaired) electrons. The van der Waals surface area contributed by atoms with E-state index in [0.717, 1.165) is 24.0 Å². The Morgan fingerprint density at radius 3 is 2.31 bits per heavy atom. The van der Waals surface area contributed by atoms with Crippen molar-refractivity contribution >= 4 is 11.9 Å². The predicted octanol–water partition coefficient (Wildman–Crippen LogP) is 3.90. The Labute approximate surface area is 172 Å². The summed E-state index contributed by atoms with van der Waals surface area (Å²) in [5.74, 6) is -2.23. The highest BCUT2D eigenvalue weighted by Gasteiger charge is 2.47. The van der Waals surface area contributed by atoms with Crippen molar-refractivity contribution in [3.63, 3.8) is 0 Å². The minimum Gasteiger partial charge on any atom is -0.469 e. The summed E-state index contributed by atoms with van der Waals surface area (Å²) < 4.78 is 16.4. The third-order valence-corrected chi connectivity index (χ3v) is 5.60. The first-order valence-corrected chi connectivity index (χ1v) is 9.98. The lowest BCUT2D eigenvalue weighted by molar-refractivity contribution is -0.168. The van der Waals surface area contributed by atoms with Crippen LogP contribution in [-0.4, -0.2) is 32.3 Å². The monoisotopic (exact) mass is 396 g/mol. The summed E-state index contributed by atoms with van der Waals surface area (Å²) in [6.45, 7) is 2.00. The Morgan fingerprint density at radius 2 is 1.62 bits per heavy atom. The number of fused-ring (bicyclic) bond motifs is 1. The van der Waals surface area contributed by atoms with Gasteiger partial charge in [0.05, 0.1) is 32.3 Å². The minimum absolute atomic E-state index is 0.100. The van der Waals surface area contributed by atoms with Crippen LogP contribution in [0.15, 0.2) is 54.6 Å². The van der Waals surface area contributed by atoms with Crippen molar-refractivity contribution in [1.29, 1.82) is 0 Å². The summed E-state index contributed by atoms with van der Waals surface area (Å²) in [6.07, 6.45) is 1.46. The first kappa shape index (κ1) is 21.1. The van der Waals surface area contributed by atoms with Crippen LogP contribution in [0.2, 0.25) is 0 Å². The Morgan fingerprint density at radius 1 is 0.966 bits per heavy atom. The van der Waals surface area contributed by atoms with Crippen molar-refractivity contribution in [3.8, 4) is 0 Å². The zero-order chi connectivity index (χ0) is 20.8. The average Bonchev–Trinajstić information content (AvgIpc) is 2.77. The van der Waals surface area contributed by atoms with Crippen LogP contribution in [0.25, 0.3) is 0 Å². The number of esters is 2. The van der Waals surface area contributed by atoms with E-state index in [-0.39, 0.29) is 6.10 Å². The molecule has 0 aliphatic heterocycles. The predicted molar refractivity (Wildman–Crippen MR) is 109 cm³/mol. The van der Waals surface area contributed by atoms with E-state index in [9.17, 15) is 9.59 Å². The third kappa shape index (κ3) is 4.85. The van der Waals surface area contributed by atoms with Gasteiger partial charge in [-0.2, -0.15) is 0 Å². The van der Waals surface area contributed by atoms with Crippen molar-refractivity contribution < 1.29 is 23.8 Å². The highest BCUT2D eigenvalue weighted by molar-refractivity contribution is 5.83. The Kier molecular flexibility index (Phi) is 7.04. The smallest absolute Gasteiger partial charge is 0.312 e. The molecule has 5 nitrogen and oxygen atoms in total. The molecule has 1 aliphatic rings. The maximum atomic E-state index is 12.7. The molecule has 0 fully saturated rings. The number of methoxy groups -OCH3 is 2. The van der Waals surface area contributed by atoms with E-state index in [1.165, 1.54) is 19.8 Å². The molecule has 154 valence electrons. The summed E-state index contributed by atoms with van der Waals surface area (Å²) in [4.78, 5) is 25.1. The van der Waals surface area contributed by atoms with Gasteiger partial charge in [0.1, 0.15) is 5.92 Å². The van der Waals surface area contributed by atoms with Crippen molar-refractivity contribution in [2.24, 2.45) is 11.8 Å². The highest BCUT2D eigenvalue weighted by Crippen LogP contribution is 2.42. The topological polar surface area (TPSA) is 61.8 Å². The Hall–Kier alpha value is -2.66. The standard InChI is InChI=1S/C24H28O5/c1-16(13-14-17-9-5-4-6-10-17)29-22-19-12-8-7-11-18(19)15-20(23(25)27-2)21(22)24(26)28-3/h4-12,16,20-22H,13-15H2,1-3H3. The molecular formula is C24H28O5. The molecular weight excluding hydrogens is 368 g/mol. The largest absolute Gasteiger partial charge is 0.469 e. The second-order valence-electron chi connectivity index (χ2n) is 7.47. The number of carbonyl (C=O) groups excluding carboxylic acids is 2. The van der Waals surface area contributed by atoms with Gasteiger partial charge in [-0.3, -0.25) is 9.59 Å². The molecule has 0 amide bonds. The van der Waals surface area contributed by atoms with Gasteiger partial charge >= 0.3 is 11.9 Å². The van der Waals surface area contributed by atoms with Crippen LogP contribution in [0.5, 0.6) is 0 Å². The lowest BCUT2D eigenvalue weighted by atomic mass is 9.73. The summed E-state index contributed by atoms with van der Waals surface area (Å²) in [5, 5.41) is 0. The molecule has 3 rings (SSSR count). The SMILES string of the molecule is COC(=O)C1Cc2ccccc2C(OC(C)CCc2ccccc2)C1C(=O)OC. The fraction of sp³-hybridized carbons (Fsp3) is 0.417. The summed E-state index contributed by atoms with van der Waals surface area (Å²) in [5.41, 5.74) is 3.18. The number of aryl methyl sites for hydroxylation is 1. The summed E-state index contributed by atoms with van der Waals surface area (Å²) >= 11 is 0. The molecule has 4 atom stereocenters. The number of hydrogen-bond donors (Lipinski definition) is 0. The molecule has 0 aromatic heterocycles. The van der Waals surface area contributed by atoms with Crippen LogP contribution in [0, 0.1) is 11.8 Å². The Bertz CT molecular complexity index is 832. The van der Waals surface area contributed by atoms with E-state index in [0.29, 0.717) is 6.42 Å². The number of carbonyl (C=O) groups is 2. The highest BCUT2D eigenvalue weighted by atomic mass is 16.5. The molecule has 0 saturated heterocycles. The summed E-state index contributed by atoms with van der Waals surface area (Å²) in [6, 6.07) is 18.0. The summed E-state index contributed by atoms with van der Waals surface area (Å²) in [7, 11) is 2.68.